The van der Waals surface area contributed by atoms with Gasteiger partial charge in [0.05, 0.1) is 23.7 Å². The molecule has 0 unspecified atom stereocenters. The summed E-state index contributed by atoms with van der Waals surface area (Å²) in [5, 5.41) is 3.12. The first kappa shape index (κ1) is 25.8. The number of rotatable bonds is 6. The van der Waals surface area contributed by atoms with Crippen LogP contribution >= 0.6 is 0 Å². The van der Waals surface area contributed by atoms with Crippen LogP contribution < -0.4 is 15.0 Å². The number of amides is 1. The molecule has 3 aliphatic rings. The second-order valence-electron chi connectivity index (χ2n) is 10.6. The number of imidazole rings is 1. The maximum atomic E-state index is 15.6. The minimum atomic E-state index is -0.470. The molecule has 212 valence electrons. The van der Waals surface area contributed by atoms with Crippen LogP contribution in [0, 0.1) is 12.7 Å². The van der Waals surface area contributed by atoms with Gasteiger partial charge < -0.3 is 24.4 Å². The zero-order valence-corrected chi connectivity index (χ0v) is 23.2. The maximum absolute atomic E-state index is 15.6. The average molecular weight is 566 g/mol. The minimum absolute atomic E-state index is 0.0321. The number of pyridine rings is 2. The highest BCUT2D eigenvalue weighted by molar-refractivity contribution is 5.89. The third-order valence-electron chi connectivity index (χ3n) is 8.09. The van der Waals surface area contributed by atoms with Crippen molar-refractivity contribution < 1.29 is 13.9 Å². The van der Waals surface area contributed by atoms with Gasteiger partial charge in [-0.25, -0.2) is 29.3 Å². The largest absolute Gasteiger partial charge is 0.455 e. The number of fused-ring (bicyclic) bond motifs is 5. The van der Waals surface area contributed by atoms with E-state index < -0.39 is 5.82 Å². The molecular formula is C30H28FN9O2. The predicted octanol–water partition coefficient (Wildman–Crippen LogP) is 4.66. The lowest BCUT2D eigenvalue weighted by Crippen LogP contribution is -2.64. The number of nitrogens with one attached hydrogen (secondary N) is 1. The number of anilines is 3. The van der Waals surface area contributed by atoms with Crippen LogP contribution in [0.5, 0.6) is 11.5 Å². The van der Waals surface area contributed by atoms with Gasteiger partial charge in [-0.3, -0.25) is 4.79 Å². The molecule has 1 aromatic carbocycles. The van der Waals surface area contributed by atoms with Crippen molar-refractivity contribution in [3.05, 3.63) is 73.2 Å². The Morgan fingerprint density at radius 1 is 1.10 bits per heavy atom. The summed E-state index contributed by atoms with van der Waals surface area (Å²) < 4.78 is 23.4. The van der Waals surface area contributed by atoms with Crippen molar-refractivity contribution >= 4 is 45.4 Å². The van der Waals surface area contributed by atoms with E-state index in [4.69, 9.17) is 9.72 Å². The molecule has 4 aromatic heterocycles. The fourth-order valence-corrected chi connectivity index (χ4v) is 5.86. The molecule has 3 aliphatic heterocycles. The van der Waals surface area contributed by atoms with E-state index in [1.165, 1.54) is 12.4 Å². The van der Waals surface area contributed by atoms with E-state index >= 15 is 4.39 Å². The molecule has 2 atom stereocenters. The summed E-state index contributed by atoms with van der Waals surface area (Å²) in [6.45, 7) is 6.63. The quantitative estimate of drug-likeness (QED) is 0.294. The Hall–Kier alpha value is -5.13. The number of aryl methyl sites for hydroxylation is 1. The van der Waals surface area contributed by atoms with E-state index in [0.29, 0.717) is 52.5 Å². The number of carbonyl (C=O) groups excluding carboxylic acids is 1. The normalized spacial score (nSPS) is 18.1. The first-order chi connectivity index (χ1) is 20.4. The Morgan fingerprint density at radius 2 is 1.95 bits per heavy atom. The SMILES string of the molecule is C=CC(=O)N1C[C@@H]2CC[C@H]1CN2c1ccc2ncnc(Nc3ccc(Oc4cnc5c(c4)ncn5C)c(C)c3F)c2n1. The van der Waals surface area contributed by atoms with E-state index in [9.17, 15) is 4.79 Å². The molecule has 1 amide bonds. The fourth-order valence-electron chi connectivity index (χ4n) is 5.86. The van der Waals surface area contributed by atoms with Crippen LogP contribution in [0.2, 0.25) is 0 Å². The van der Waals surface area contributed by atoms with Gasteiger partial charge in [-0.15, -0.1) is 0 Å². The van der Waals surface area contributed by atoms with Gasteiger partial charge in [-0.1, -0.05) is 6.58 Å². The van der Waals surface area contributed by atoms with Crippen molar-refractivity contribution in [3.8, 4) is 11.5 Å². The number of piperidine rings is 2. The van der Waals surface area contributed by atoms with Gasteiger partial charge in [0.2, 0.25) is 5.91 Å². The number of aromatic nitrogens is 6. The van der Waals surface area contributed by atoms with E-state index in [2.05, 4.69) is 36.7 Å². The summed E-state index contributed by atoms with van der Waals surface area (Å²) in [4.78, 5) is 38.8. The second kappa shape index (κ2) is 10.1. The predicted molar refractivity (Wildman–Crippen MR) is 156 cm³/mol. The number of hydrogen-bond acceptors (Lipinski definition) is 9. The highest BCUT2D eigenvalue weighted by Crippen LogP contribution is 2.35. The zero-order chi connectivity index (χ0) is 29.0. The van der Waals surface area contributed by atoms with Crippen molar-refractivity contribution in [2.24, 2.45) is 7.05 Å². The second-order valence-corrected chi connectivity index (χ2v) is 10.6. The minimum Gasteiger partial charge on any atom is -0.455 e. The molecule has 42 heavy (non-hydrogen) atoms. The van der Waals surface area contributed by atoms with Gasteiger partial charge in [0.25, 0.3) is 0 Å². The van der Waals surface area contributed by atoms with Gasteiger partial charge in [-0.05, 0) is 50.1 Å². The molecule has 11 nitrogen and oxygen atoms in total. The van der Waals surface area contributed by atoms with Crippen molar-refractivity contribution in [1.29, 1.82) is 0 Å². The number of piperazine rings is 1. The monoisotopic (exact) mass is 565 g/mol. The summed E-state index contributed by atoms with van der Waals surface area (Å²) in [5.74, 6) is 1.50. The molecule has 3 saturated heterocycles. The maximum Gasteiger partial charge on any atom is 0.246 e. The lowest BCUT2D eigenvalue weighted by atomic mass is 9.90. The van der Waals surface area contributed by atoms with E-state index in [1.54, 1.807) is 37.6 Å². The molecule has 2 bridgehead atoms. The number of hydrogen-bond donors (Lipinski definition) is 1. The Balaban J connectivity index is 1.15. The van der Waals surface area contributed by atoms with Crippen LogP contribution in [0.3, 0.4) is 0 Å². The first-order valence-electron chi connectivity index (χ1n) is 13.7. The Kier molecular flexibility index (Phi) is 6.18. The van der Waals surface area contributed by atoms with Gasteiger partial charge in [0, 0.05) is 43.9 Å². The molecule has 1 N–H and O–H groups in total. The Bertz CT molecular complexity index is 1870. The van der Waals surface area contributed by atoms with Crippen LogP contribution in [-0.2, 0) is 11.8 Å². The molecule has 0 saturated carbocycles. The number of nitrogens with zero attached hydrogens (tertiary/aromatic N) is 8. The molecule has 0 spiro atoms. The van der Waals surface area contributed by atoms with Crippen LogP contribution in [-0.4, -0.2) is 65.5 Å². The number of carbonyl (C=O) groups is 1. The topological polar surface area (TPSA) is 114 Å². The lowest BCUT2D eigenvalue weighted by Gasteiger charge is -2.51. The van der Waals surface area contributed by atoms with Crippen LogP contribution in [0.4, 0.5) is 21.7 Å². The van der Waals surface area contributed by atoms with Gasteiger partial charge in [-0.2, -0.15) is 0 Å². The standard InChI is InChI=1S/C30H28FN9O2/c1-4-26(41)40-14-18-5-6-19(40)13-39(18)25-10-8-22-28(37-25)29(34-15-33-22)36-21-7-9-24(17(2)27(21)31)42-20-11-23-30(32-12-20)38(3)16-35-23/h4,7-12,15-16,18-19H,1,5-6,13-14H2,2-3H3,(H,33,34,36)/t18-,19-/m0/s1. The smallest absolute Gasteiger partial charge is 0.246 e. The van der Waals surface area contributed by atoms with E-state index in [0.717, 1.165) is 24.3 Å². The molecule has 8 rings (SSSR count). The zero-order valence-electron chi connectivity index (χ0n) is 23.2. The third-order valence-corrected chi connectivity index (χ3v) is 8.09. The number of halogens is 1. The summed E-state index contributed by atoms with van der Waals surface area (Å²) in [6, 6.07) is 9.18. The van der Waals surface area contributed by atoms with Crippen molar-refractivity contribution in [3.63, 3.8) is 0 Å². The van der Waals surface area contributed by atoms with Crippen molar-refractivity contribution in [2.75, 3.05) is 23.3 Å². The van der Waals surface area contributed by atoms with Gasteiger partial charge in [0.15, 0.2) is 17.3 Å². The molecule has 5 aromatic rings. The molecule has 7 heterocycles. The molecule has 3 fully saturated rings. The first-order valence-corrected chi connectivity index (χ1v) is 13.7. The van der Waals surface area contributed by atoms with E-state index in [1.807, 2.05) is 28.6 Å². The van der Waals surface area contributed by atoms with Gasteiger partial charge in [0.1, 0.15) is 34.7 Å². The van der Waals surface area contributed by atoms with Crippen LogP contribution in [0.1, 0.15) is 18.4 Å². The van der Waals surface area contributed by atoms with E-state index in [-0.39, 0.29) is 23.7 Å². The fraction of sp³-hybridized carbons (Fsp3) is 0.267. The Morgan fingerprint density at radius 3 is 2.76 bits per heavy atom. The van der Waals surface area contributed by atoms with Crippen LogP contribution in [0.25, 0.3) is 22.2 Å². The molecule has 0 aliphatic carbocycles. The van der Waals surface area contributed by atoms with Crippen LogP contribution in [0.15, 0.2) is 61.8 Å². The average Bonchev–Trinajstić information content (AvgIpc) is 3.40. The molecule has 12 heteroatoms. The molecular weight excluding hydrogens is 537 g/mol. The lowest BCUT2D eigenvalue weighted by molar-refractivity contribution is -0.131. The number of benzene rings is 1. The Labute approximate surface area is 240 Å². The highest BCUT2D eigenvalue weighted by atomic mass is 19.1. The third kappa shape index (κ3) is 4.35. The van der Waals surface area contributed by atoms with Crippen molar-refractivity contribution in [1.82, 2.24) is 34.4 Å². The molecule has 0 radical (unpaired) electrons. The highest BCUT2D eigenvalue weighted by Gasteiger charge is 2.41. The number of ether oxygens (including phenoxy) is 1. The van der Waals surface area contributed by atoms with Gasteiger partial charge >= 0.3 is 0 Å². The summed E-state index contributed by atoms with van der Waals surface area (Å²) in [7, 11) is 1.86. The van der Waals surface area contributed by atoms with Crippen molar-refractivity contribution in [2.45, 2.75) is 31.8 Å². The summed E-state index contributed by atoms with van der Waals surface area (Å²) in [6.07, 6.45) is 8.01. The summed E-state index contributed by atoms with van der Waals surface area (Å²) in [5.41, 5.74) is 3.15. The summed E-state index contributed by atoms with van der Waals surface area (Å²) >= 11 is 0.